The van der Waals surface area contributed by atoms with E-state index < -0.39 is 4.92 Å². The molecule has 0 saturated heterocycles. The van der Waals surface area contributed by atoms with Gasteiger partial charge < -0.3 is 4.42 Å². The summed E-state index contributed by atoms with van der Waals surface area (Å²) in [5, 5.41) is 10.8. The van der Waals surface area contributed by atoms with Gasteiger partial charge in [-0.25, -0.2) is 4.98 Å². The quantitative estimate of drug-likeness (QED) is 0.530. The van der Waals surface area contributed by atoms with Gasteiger partial charge in [-0.05, 0) is 31.7 Å². The Morgan fingerprint density at radius 3 is 2.91 bits per heavy atom. The number of oxazole rings is 1. The van der Waals surface area contributed by atoms with E-state index in [9.17, 15) is 10.1 Å². The first-order chi connectivity index (χ1) is 11.0. The van der Waals surface area contributed by atoms with Gasteiger partial charge in [0.05, 0.1) is 11.5 Å². The summed E-state index contributed by atoms with van der Waals surface area (Å²) in [5.74, 6) is 0.527. The smallest absolute Gasteiger partial charge is 0.271 e. The molecular weight excluding hydrogens is 296 g/mol. The highest BCUT2D eigenvalue weighted by Gasteiger charge is 2.16. The van der Waals surface area contributed by atoms with Gasteiger partial charge in [-0.3, -0.25) is 20.0 Å². The van der Waals surface area contributed by atoms with Crippen LogP contribution in [0.1, 0.15) is 24.4 Å². The van der Waals surface area contributed by atoms with Crippen LogP contribution in [-0.2, 0) is 6.54 Å². The molecule has 1 aromatic carbocycles. The van der Waals surface area contributed by atoms with Gasteiger partial charge in [0.1, 0.15) is 5.52 Å². The average molecular weight is 312 g/mol. The number of nitrogens with zero attached hydrogens (tertiary/aromatic N) is 4. The monoisotopic (exact) mass is 312 g/mol. The molecule has 0 aliphatic carbocycles. The molecule has 3 rings (SSSR count). The maximum atomic E-state index is 10.8. The molecule has 0 radical (unpaired) electrons. The highest BCUT2D eigenvalue weighted by atomic mass is 16.6. The molecule has 0 amide bonds. The minimum atomic E-state index is -0.440. The normalized spacial score (nSPS) is 12.7. The zero-order valence-corrected chi connectivity index (χ0v) is 12.8. The van der Waals surface area contributed by atoms with Crippen molar-refractivity contribution in [1.82, 2.24) is 14.9 Å². The molecule has 7 heteroatoms. The zero-order valence-electron chi connectivity index (χ0n) is 12.8. The summed E-state index contributed by atoms with van der Waals surface area (Å²) in [5.41, 5.74) is 2.15. The average Bonchev–Trinajstić information content (AvgIpc) is 2.96. The van der Waals surface area contributed by atoms with Crippen LogP contribution in [-0.4, -0.2) is 26.8 Å². The lowest BCUT2D eigenvalue weighted by Crippen LogP contribution is -2.22. The van der Waals surface area contributed by atoms with Gasteiger partial charge in [-0.15, -0.1) is 0 Å². The molecule has 0 unspecified atom stereocenters. The third-order valence-electron chi connectivity index (χ3n) is 3.84. The van der Waals surface area contributed by atoms with Crippen molar-refractivity contribution in [2.45, 2.75) is 19.5 Å². The minimum Gasteiger partial charge on any atom is -0.439 e. The van der Waals surface area contributed by atoms with Crippen molar-refractivity contribution >= 4 is 16.8 Å². The van der Waals surface area contributed by atoms with E-state index in [1.807, 2.05) is 25.4 Å². The number of hydrogen-bond acceptors (Lipinski definition) is 6. The number of pyridine rings is 1. The number of nitro benzene ring substituents is 1. The van der Waals surface area contributed by atoms with Crippen molar-refractivity contribution in [2.75, 3.05) is 7.05 Å². The Bertz CT molecular complexity index is 832. The Labute approximate surface area is 132 Å². The van der Waals surface area contributed by atoms with E-state index in [0.29, 0.717) is 23.5 Å². The number of benzene rings is 1. The van der Waals surface area contributed by atoms with E-state index in [0.717, 1.165) is 5.56 Å². The van der Waals surface area contributed by atoms with Gasteiger partial charge in [-0.1, -0.05) is 6.07 Å². The third kappa shape index (κ3) is 3.19. The van der Waals surface area contributed by atoms with Gasteiger partial charge in [0.2, 0.25) is 5.89 Å². The fourth-order valence-corrected chi connectivity index (χ4v) is 2.37. The third-order valence-corrected chi connectivity index (χ3v) is 3.84. The Morgan fingerprint density at radius 2 is 2.22 bits per heavy atom. The van der Waals surface area contributed by atoms with Crippen molar-refractivity contribution in [2.24, 2.45) is 0 Å². The summed E-state index contributed by atoms with van der Waals surface area (Å²) >= 11 is 0. The Hall–Kier alpha value is -2.80. The van der Waals surface area contributed by atoms with Gasteiger partial charge in [0, 0.05) is 30.6 Å². The molecule has 0 fully saturated rings. The summed E-state index contributed by atoms with van der Waals surface area (Å²) in [6, 6.07) is 8.48. The second-order valence-electron chi connectivity index (χ2n) is 5.39. The van der Waals surface area contributed by atoms with E-state index in [4.69, 9.17) is 4.42 Å². The summed E-state index contributed by atoms with van der Waals surface area (Å²) < 4.78 is 5.67. The van der Waals surface area contributed by atoms with Gasteiger partial charge in [0.15, 0.2) is 5.58 Å². The van der Waals surface area contributed by atoms with Crippen molar-refractivity contribution in [3.05, 3.63) is 64.3 Å². The molecule has 0 saturated carbocycles. The van der Waals surface area contributed by atoms with E-state index in [1.54, 1.807) is 12.3 Å². The predicted octanol–water partition coefficient (Wildman–Crippen LogP) is 3.32. The second-order valence-corrected chi connectivity index (χ2v) is 5.39. The molecule has 0 aliphatic rings. The largest absolute Gasteiger partial charge is 0.439 e. The van der Waals surface area contributed by atoms with Crippen LogP contribution in [0.25, 0.3) is 11.1 Å². The van der Waals surface area contributed by atoms with Crippen molar-refractivity contribution < 1.29 is 9.34 Å². The van der Waals surface area contributed by atoms with Gasteiger partial charge >= 0.3 is 0 Å². The number of aromatic nitrogens is 2. The topological polar surface area (TPSA) is 85.3 Å². The Balaban J connectivity index is 1.79. The molecule has 7 nitrogen and oxygen atoms in total. The van der Waals surface area contributed by atoms with Crippen molar-refractivity contribution in [1.29, 1.82) is 0 Å². The van der Waals surface area contributed by atoms with E-state index in [-0.39, 0.29) is 11.7 Å². The number of non-ortho nitro benzene ring substituents is 1. The maximum absolute atomic E-state index is 10.8. The fourth-order valence-electron chi connectivity index (χ4n) is 2.37. The first kappa shape index (κ1) is 15.1. The lowest BCUT2D eigenvalue weighted by atomic mass is 10.1. The lowest BCUT2D eigenvalue weighted by Gasteiger charge is -2.23. The molecule has 118 valence electrons. The van der Waals surface area contributed by atoms with E-state index in [2.05, 4.69) is 21.8 Å². The van der Waals surface area contributed by atoms with Crippen LogP contribution < -0.4 is 0 Å². The molecular formula is C16H16N4O3. The number of fused-ring (bicyclic) bond motifs is 1. The highest BCUT2D eigenvalue weighted by Crippen LogP contribution is 2.24. The summed E-state index contributed by atoms with van der Waals surface area (Å²) in [7, 11) is 1.97. The fraction of sp³-hybridized carbons (Fsp3) is 0.250. The van der Waals surface area contributed by atoms with Crippen LogP contribution in [0.15, 0.2) is 47.1 Å². The van der Waals surface area contributed by atoms with E-state index in [1.165, 1.54) is 12.1 Å². The molecule has 2 aromatic heterocycles. The molecule has 0 N–H and O–H groups in total. The summed E-state index contributed by atoms with van der Waals surface area (Å²) in [6.45, 7) is 2.57. The second kappa shape index (κ2) is 6.13. The minimum absolute atomic E-state index is 0.00873. The molecule has 1 atom stereocenters. The van der Waals surface area contributed by atoms with Crippen LogP contribution in [0, 0.1) is 10.1 Å². The van der Waals surface area contributed by atoms with Crippen LogP contribution in [0.4, 0.5) is 5.69 Å². The molecule has 23 heavy (non-hydrogen) atoms. The predicted molar refractivity (Wildman–Crippen MR) is 84.8 cm³/mol. The molecule has 3 aromatic rings. The zero-order chi connectivity index (χ0) is 16.4. The van der Waals surface area contributed by atoms with Crippen LogP contribution in [0.3, 0.4) is 0 Å². The molecule has 0 aliphatic heterocycles. The number of rotatable bonds is 5. The van der Waals surface area contributed by atoms with Crippen LogP contribution in [0.2, 0.25) is 0 Å². The van der Waals surface area contributed by atoms with Gasteiger partial charge in [0.25, 0.3) is 5.69 Å². The molecule has 2 heterocycles. The first-order valence-electron chi connectivity index (χ1n) is 7.18. The summed E-state index contributed by atoms with van der Waals surface area (Å²) in [4.78, 5) is 20.9. The van der Waals surface area contributed by atoms with Crippen molar-refractivity contribution in [3.8, 4) is 0 Å². The highest BCUT2D eigenvalue weighted by molar-refractivity contribution is 5.75. The standard InChI is InChI=1S/C16H16N4O3/c1-11(12-4-3-7-17-9-12)19(2)10-16-18-14-8-13(20(21)22)5-6-15(14)23-16/h3-9,11H,10H2,1-2H3/t11-/m0/s1. The Kier molecular flexibility index (Phi) is 4.03. The van der Waals surface area contributed by atoms with Crippen molar-refractivity contribution in [3.63, 3.8) is 0 Å². The van der Waals surface area contributed by atoms with Crippen LogP contribution >= 0.6 is 0 Å². The SMILES string of the molecule is C[C@@H](c1cccnc1)N(C)Cc1nc2cc([N+](=O)[O-])ccc2o1. The van der Waals surface area contributed by atoms with Gasteiger partial charge in [-0.2, -0.15) is 0 Å². The summed E-state index contributed by atoms with van der Waals surface area (Å²) in [6.07, 6.45) is 3.57. The van der Waals surface area contributed by atoms with Crippen LogP contribution in [0.5, 0.6) is 0 Å². The van der Waals surface area contributed by atoms with E-state index >= 15 is 0 Å². The first-order valence-corrected chi connectivity index (χ1v) is 7.18. The Morgan fingerprint density at radius 1 is 1.39 bits per heavy atom. The maximum Gasteiger partial charge on any atom is 0.271 e. The number of nitro groups is 1. The lowest BCUT2D eigenvalue weighted by molar-refractivity contribution is -0.384. The molecule has 0 spiro atoms. The molecule has 0 bridgehead atoms. The number of hydrogen-bond donors (Lipinski definition) is 0.